The number of carbonyl (C=O) groups excluding carboxylic acids is 2. The average Bonchev–Trinajstić information content (AvgIpc) is 2.74. The molecular formula is C15H22BrNO3S. The molecule has 1 N–H and O–H groups in total. The molecule has 0 atom stereocenters. The van der Waals surface area contributed by atoms with Crippen LogP contribution in [-0.4, -0.2) is 23.8 Å². The Hall–Kier alpha value is -0.880. The fourth-order valence-corrected chi connectivity index (χ4v) is 3.63. The van der Waals surface area contributed by atoms with Gasteiger partial charge in [-0.3, -0.25) is 4.79 Å². The van der Waals surface area contributed by atoms with E-state index in [1.807, 2.05) is 13.8 Å². The Morgan fingerprint density at radius 2 is 2.00 bits per heavy atom. The van der Waals surface area contributed by atoms with Crippen molar-refractivity contribution in [2.24, 2.45) is 0 Å². The number of unbranched alkanes of at least 4 members (excludes halogenated alkanes) is 1. The Balaban J connectivity index is 2.90. The number of rotatable bonds is 8. The highest BCUT2D eigenvalue weighted by Crippen LogP contribution is 2.34. The molecule has 0 aliphatic carbocycles. The van der Waals surface area contributed by atoms with Gasteiger partial charge in [0, 0.05) is 16.6 Å². The lowest BCUT2D eigenvalue weighted by molar-refractivity contribution is -0.116. The molecule has 1 aromatic heterocycles. The van der Waals surface area contributed by atoms with Crippen LogP contribution < -0.4 is 5.32 Å². The summed E-state index contributed by atoms with van der Waals surface area (Å²) in [5.74, 6) is -0.403. The van der Waals surface area contributed by atoms with Gasteiger partial charge in [-0.25, -0.2) is 4.79 Å². The first-order valence-corrected chi connectivity index (χ1v) is 9.14. The van der Waals surface area contributed by atoms with E-state index in [-0.39, 0.29) is 11.9 Å². The molecule has 0 unspecified atom stereocenters. The van der Waals surface area contributed by atoms with Gasteiger partial charge in [0.25, 0.3) is 0 Å². The van der Waals surface area contributed by atoms with E-state index in [1.165, 1.54) is 11.3 Å². The topological polar surface area (TPSA) is 55.4 Å². The second kappa shape index (κ2) is 9.20. The van der Waals surface area contributed by atoms with Crippen LogP contribution in [0.4, 0.5) is 5.00 Å². The lowest BCUT2D eigenvalue weighted by Gasteiger charge is -2.07. The van der Waals surface area contributed by atoms with Crippen molar-refractivity contribution < 1.29 is 14.3 Å². The summed E-state index contributed by atoms with van der Waals surface area (Å²) in [6.45, 7) is 6.07. The van der Waals surface area contributed by atoms with Crippen LogP contribution in [0.1, 0.15) is 53.9 Å². The summed E-state index contributed by atoms with van der Waals surface area (Å²) in [6.07, 6.45) is 3.00. The first-order chi connectivity index (χ1) is 10.0. The first kappa shape index (κ1) is 18.2. The Bertz CT molecular complexity index is 499. The van der Waals surface area contributed by atoms with Gasteiger partial charge >= 0.3 is 5.97 Å². The molecule has 0 spiro atoms. The van der Waals surface area contributed by atoms with Crippen molar-refractivity contribution in [2.75, 3.05) is 17.3 Å². The number of ether oxygens (including phenoxy) is 1. The third-order valence-corrected chi connectivity index (χ3v) is 4.71. The minimum Gasteiger partial charge on any atom is -0.462 e. The van der Waals surface area contributed by atoms with Crippen molar-refractivity contribution in [3.05, 3.63) is 16.0 Å². The van der Waals surface area contributed by atoms with Crippen LogP contribution in [0.3, 0.4) is 0 Å². The molecule has 0 aromatic carbocycles. The number of halogens is 1. The SMILES string of the molecule is CCOC(=O)c1c(NC(=O)CCCCBr)sc(C)c1CC. The number of anilines is 1. The molecule has 118 valence electrons. The molecule has 21 heavy (non-hydrogen) atoms. The predicted octanol–water partition coefficient (Wildman–Crippen LogP) is 4.30. The average molecular weight is 376 g/mol. The largest absolute Gasteiger partial charge is 0.462 e. The van der Waals surface area contributed by atoms with Crippen LogP contribution in [-0.2, 0) is 16.0 Å². The van der Waals surface area contributed by atoms with Gasteiger partial charge in [0.05, 0.1) is 12.2 Å². The van der Waals surface area contributed by atoms with Crippen LogP contribution in [0.5, 0.6) is 0 Å². The van der Waals surface area contributed by atoms with Gasteiger partial charge in [0.15, 0.2) is 0 Å². The van der Waals surface area contributed by atoms with E-state index in [0.717, 1.165) is 35.0 Å². The number of hydrogen-bond acceptors (Lipinski definition) is 4. The van der Waals surface area contributed by atoms with Gasteiger partial charge < -0.3 is 10.1 Å². The van der Waals surface area contributed by atoms with Gasteiger partial charge in [-0.05, 0) is 38.7 Å². The highest BCUT2D eigenvalue weighted by molar-refractivity contribution is 9.09. The predicted molar refractivity (Wildman–Crippen MR) is 90.7 cm³/mol. The van der Waals surface area contributed by atoms with E-state index >= 15 is 0 Å². The summed E-state index contributed by atoms with van der Waals surface area (Å²) in [5, 5.41) is 4.38. The van der Waals surface area contributed by atoms with Gasteiger partial charge in [0.1, 0.15) is 5.00 Å². The second-order valence-electron chi connectivity index (χ2n) is 4.61. The number of esters is 1. The molecule has 6 heteroatoms. The minimum absolute atomic E-state index is 0.0506. The zero-order valence-electron chi connectivity index (χ0n) is 12.8. The molecule has 4 nitrogen and oxygen atoms in total. The summed E-state index contributed by atoms with van der Waals surface area (Å²) < 4.78 is 5.11. The standard InChI is InChI=1S/C15H22BrNO3S/c1-4-11-10(3)21-14(13(11)15(19)20-5-2)17-12(18)8-6-7-9-16/h4-9H2,1-3H3,(H,17,18). The number of hydrogen-bond donors (Lipinski definition) is 1. The van der Waals surface area contributed by atoms with Gasteiger partial charge in [-0.2, -0.15) is 0 Å². The highest BCUT2D eigenvalue weighted by Gasteiger charge is 2.23. The molecule has 0 saturated heterocycles. The molecule has 0 radical (unpaired) electrons. The maximum Gasteiger partial charge on any atom is 0.341 e. The molecule has 0 fully saturated rings. The molecule has 0 bridgehead atoms. The number of nitrogens with one attached hydrogen (secondary N) is 1. The number of amides is 1. The summed E-state index contributed by atoms with van der Waals surface area (Å²) in [5.41, 5.74) is 1.49. The fourth-order valence-electron chi connectivity index (χ4n) is 2.08. The quantitative estimate of drug-likeness (QED) is 0.418. The molecule has 0 aliphatic rings. The first-order valence-electron chi connectivity index (χ1n) is 7.20. The zero-order chi connectivity index (χ0) is 15.8. The lowest BCUT2D eigenvalue weighted by Crippen LogP contribution is -2.14. The van der Waals surface area contributed by atoms with E-state index in [4.69, 9.17) is 4.74 Å². The van der Waals surface area contributed by atoms with Gasteiger partial charge in [-0.1, -0.05) is 22.9 Å². The molecule has 0 saturated carbocycles. The Morgan fingerprint density at radius 3 is 2.57 bits per heavy atom. The number of carbonyl (C=O) groups is 2. The van der Waals surface area contributed by atoms with E-state index in [0.29, 0.717) is 23.6 Å². The Kier molecular flexibility index (Phi) is 7.96. The lowest BCUT2D eigenvalue weighted by atomic mass is 10.1. The Morgan fingerprint density at radius 1 is 1.29 bits per heavy atom. The van der Waals surface area contributed by atoms with E-state index in [1.54, 1.807) is 6.92 Å². The number of aryl methyl sites for hydroxylation is 1. The van der Waals surface area contributed by atoms with Crippen LogP contribution in [0, 0.1) is 6.92 Å². The third-order valence-electron chi connectivity index (χ3n) is 3.08. The smallest absolute Gasteiger partial charge is 0.341 e. The highest BCUT2D eigenvalue weighted by atomic mass is 79.9. The van der Waals surface area contributed by atoms with Crippen molar-refractivity contribution in [1.82, 2.24) is 0 Å². The van der Waals surface area contributed by atoms with Crippen molar-refractivity contribution in [1.29, 1.82) is 0 Å². The van der Waals surface area contributed by atoms with Crippen LogP contribution >= 0.6 is 27.3 Å². The summed E-state index contributed by atoms with van der Waals surface area (Å²) in [4.78, 5) is 25.1. The number of alkyl halides is 1. The van der Waals surface area contributed by atoms with Crippen molar-refractivity contribution >= 4 is 44.1 Å². The number of thiophene rings is 1. The van der Waals surface area contributed by atoms with Gasteiger partial charge in [0.2, 0.25) is 5.91 Å². The van der Waals surface area contributed by atoms with E-state index in [2.05, 4.69) is 21.2 Å². The van der Waals surface area contributed by atoms with E-state index < -0.39 is 0 Å². The van der Waals surface area contributed by atoms with Crippen molar-refractivity contribution in [2.45, 2.75) is 46.5 Å². The normalized spacial score (nSPS) is 10.5. The van der Waals surface area contributed by atoms with Crippen molar-refractivity contribution in [3.8, 4) is 0 Å². The molecule has 0 aliphatic heterocycles. The molecule has 1 rings (SSSR count). The minimum atomic E-state index is -0.352. The molecule has 1 heterocycles. The Labute approximate surface area is 138 Å². The molecule has 1 aromatic rings. The zero-order valence-corrected chi connectivity index (χ0v) is 15.2. The molecular weight excluding hydrogens is 354 g/mol. The summed E-state index contributed by atoms with van der Waals surface area (Å²) in [7, 11) is 0. The van der Waals surface area contributed by atoms with Crippen LogP contribution in [0.15, 0.2) is 0 Å². The van der Waals surface area contributed by atoms with Crippen molar-refractivity contribution in [3.63, 3.8) is 0 Å². The third kappa shape index (κ3) is 5.11. The van der Waals surface area contributed by atoms with Crippen LogP contribution in [0.25, 0.3) is 0 Å². The summed E-state index contributed by atoms with van der Waals surface area (Å²) in [6, 6.07) is 0. The monoisotopic (exact) mass is 375 g/mol. The fraction of sp³-hybridized carbons (Fsp3) is 0.600. The maximum absolute atomic E-state index is 12.1. The maximum atomic E-state index is 12.1. The van der Waals surface area contributed by atoms with Gasteiger partial charge in [-0.15, -0.1) is 11.3 Å². The second-order valence-corrected chi connectivity index (χ2v) is 6.63. The summed E-state index contributed by atoms with van der Waals surface area (Å²) >= 11 is 4.79. The van der Waals surface area contributed by atoms with E-state index in [9.17, 15) is 9.59 Å². The van der Waals surface area contributed by atoms with Crippen LogP contribution in [0.2, 0.25) is 0 Å². The molecule has 1 amide bonds.